The number of para-hydroxylation sites is 1. The molecule has 1 aliphatic carbocycles. The molecule has 8 nitrogen and oxygen atoms in total. The summed E-state index contributed by atoms with van der Waals surface area (Å²) < 4.78 is 5.36. The molecule has 152 valence electrons. The van der Waals surface area contributed by atoms with E-state index < -0.39 is 10.8 Å². The van der Waals surface area contributed by atoms with Crippen LogP contribution in [0.25, 0.3) is 0 Å². The lowest BCUT2D eigenvalue weighted by atomic mass is 9.95. The van der Waals surface area contributed by atoms with Crippen LogP contribution in [0.3, 0.4) is 0 Å². The third-order valence-corrected chi connectivity index (χ3v) is 4.80. The first-order valence-electron chi connectivity index (χ1n) is 9.60. The maximum Gasteiger partial charge on any atom is 0.269 e. The highest BCUT2D eigenvalue weighted by Crippen LogP contribution is 2.20. The van der Waals surface area contributed by atoms with Crippen LogP contribution in [0.5, 0.6) is 5.75 Å². The standard InChI is InChI=1S/C21H23N3O5/c25-20(14-29-17-12-10-16(11-13-17)24(27)28)23-19-9-5-4-8-18(19)21(26)22-15-6-2-1-3-7-15/h4-5,8-13,15H,1-3,6-7,14H2,(H,22,26)(H,23,25). The summed E-state index contributed by atoms with van der Waals surface area (Å²) in [6.45, 7) is -0.281. The summed E-state index contributed by atoms with van der Waals surface area (Å²) in [5, 5.41) is 16.4. The summed E-state index contributed by atoms with van der Waals surface area (Å²) in [4.78, 5) is 35.0. The number of rotatable bonds is 7. The topological polar surface area (TPSA) is 111 Å². The van der Waals surface area contributed by atoms with Crippen LogP contribution >= 0.6 is 0 Å². The lowest BCUT2D eigenvalue weighted by Gasteiger charge is -2.23. The van der Waals surface area contributed by atoms with Crippen molar-refractivity contribution in [3.63, 3.8) is 0 Å². The predicted octanol–water partition coefficient (Wildman–Crippen LogP) is 3.67. The molecule has 29 heavy (non-hydrogen) atoms. The molecule has 0 atom stereocenters. The van der Waals surface area contributed by atoms with Crippen molar-refractivity contribution in [3.05, 3.63) is 64.2 Å². The van der Waals surface area contributed by atoms with E-state index in [1.807, 2.05) is 0 Å². The van der Waals surface area contributed by atoms with Gasteiger partial charge in [-0.1, -0.05) is 31.4 Å². The molecular formula is C21H23N3O5. The van der Waals surface area contributed by atoms with Gasteiger partial charge in [-0.2, -0.15) is 0 Å². The highest BCUT2D eigenvalue weighted by molar-refractivity contribution is 6.04. The van der Waals surface area contributed by atoms with Gasteiger partial charge in [0, 0.05) is 18.2 Å². The zero-order valence-corrected chi connectivity index (χ0v) is 15.9. The van der Waals surface area contributed by atoms with Gasteiger partial charge in [0.1, 0.15) is 5.75 Å². The summed E-state index contributed by atoms with van der Waals surface area (Å²) in [6.07, 6.45) is 5.38. The average molecular weight is 397 g/mol. The first kappa shape index (κ1) is 20.3. The van der Waals surface area contributed by atoms with Crippen LogP contribution in [0.4, 0.5) is 11.4 Å². The van der Waals surface area contributed by atoms with Gasteiger partial charge in [0.25, 0.3) is 17.5 Å². The maximum atomic E-state index is 12.6. The molecule has 0 heterocycles. The molecule has 2 N–H and O–H groups in total. The van der Waals surface area contributed by atoms with Crippen molar-refractivity contribution in [1.29, 1.82) is 0 Å². The SMILES string of the molecule is O=C(COc1ccc([N+](=O)[O-])cc1)Nc1ccccc1C(=O)NC1CCCCC1. The molecule has 1 saturated carbocycles. The van der Waals surface area contributed by atoms with Crippen LogP contribution in [0.1, 0.15) is 42.5 Å². The van der Waals surface area contributed by atoms with E-state index >= 15 is 0 Å². The molecule has 0 radical (unpaired) electrons. The Kier molecular flexibility index (Phi) is 6.78. The van der Waals surface area contributed by atoms with Crippen molar-refractivity contribution in [1.82, 2.24) is 5.32 Å². The quantitative estimate of drug-likeness (QED) is 0.547. The van der Waals surface area contributed by atoms with Crippen molar-refractivity contribution in [2.75, 3.05) is 11.9 Å². The van der Waals surface area contributed by atoms with Gasteiger partial charge < -0.3 is 15.4 Å². The number of nitrogens with one attached hydrogen (secondary N) is 2. The highest BCUT2D eigenvalue weighted by Gasteiger charge is 2.19. The number of carbonyl (C=O) groups is 2. The first-order valence-corrected chi connectivity index (χ1v) is 9.60. The summed E-state index contributed by atoms with van der Waals surface area (Å²) >= 11 is 0. The molecule has 0 aliphatic heterocycles. The number of nitro benzene ring substituents is 1. The van der Waals surface area contributed by atoms with Crippen LogP contribution in [0.15, 0.2) is 48.5 Å². The zero-order valence-electron chi connectivity index (χ0n) is 15.9. The molecule has 8 heteroatoms. The minimum Gasteiger partial charge on any atom is -0.484 e. The van der Waals surface area contributed by atoms with Gasteiger partial charge in [-0.05, 0) is 37.1 Å². The molecule has 1 fully saturated rings. The second kappa shape index (κ2) is 9.68. The summed E-state index contributed by atoms with van der Waals surface area (Å²) in [6, 6.07) is 12.5. The molecule has 0 aromatic heterocycles. The summed E-state index contributed by atoms with van der Waals surface area (Å²) in [5.74, 6) is -0.292. The Balaban J connectivity index is 1.57. The van der Waals surface area contributed by atoms with E-state index in [1.54, 1.807) is 24.3 Å². The monoisotopic (exact) mass is 397 g/mol. The third-order valence-electron chi connectivity index (χ3n) is 4.80. The fraction of sp³-hybridized carbons (Fsp3) is 0.333. The minimum atomic E-state index is -0.508. The van der Waals surface area contributed by atoms with Gasteiger partial charge in [0.05, 0.1) is 16.2 Å². The fourth-order valence-electron chi connectivity index (χ4n) is 3.30. The minimum absolute atomic E-state index is 0.0558. The summed E-state index contributed by atoms with van der Waals surface area (Å²) in [7, 11) is 0. The lowest BCUT2D eigenvalue weighted by molar-refractivity contribution is -0.384. The van der Waals surface area contributed by atoms with Crippen molar-refractivity contribution >= 4 is 23.2 Å². The van der Waals surface area contributed by atoms with Crippen LogP contribution < -0.4 is 15.4 Å². The van der Waals surface area contributed by atoms with Gasteiger partial charge in [-0.25, -0.2) is 0 Å². The second-order valence-corrected chi connectivity index (χ2v) is 6.94. The van der Waals surface area contributed by atoms with Gasteiger partial charge in [0.15, 0.2) is 6.61 Å². The van der Waals surface area contributed by atoms with E-state index in [2.05, 4.69) is 10.6 Å². The Morgan fingerprint density at radius 1 is 1.03 bits per heavy atom. The van der Waals surface area contributed by atoms with E-state index in [1.165, 1.54) is 30.7 Å². The van der Waals surface area contributed by atoms with Crippen molar-refractivity contribution < 1.29 is 19.2 Å². The molecule has 0 spiro atoms. The van der Waals surface area contributed by atoms with E-state index in [9.17, 15) is 19.7 Å². The van der Waals surface area contributed by atoms with Crippen LogP contribution in [0.2, 0.25) is 0 Å². The zero-order chi connectivity index (χ0) is 20.6. The first-order chi connectivity index (χ1) is 14.0. The molecule has 2 aromatic rings. The number of anilines is 1. The number of ether oxygens (including phenoxy) is 1. The molecule has 0 unspecified atom stereocenters. The molecule has 2 amide bonds. The Morgan fingerprint density at radius 2 is 1.72 bits per heavy atom. The number of nitro groups is 1. The van der Waals surface area contributed by atoms with Crippen molar-refractivity contribution in [2.24, 2.45) is 0 Å². The number of nitrogens with zero attached hydrogens (tertiary/aromatic N) is 1. The number of amides is 2. The van der Waals surface area contributed by atoms with Gasteiger partial charge in [0.2, 0.25) is 0 Å². The van der Waals surface area contributed by atoms with E-state index in [4.69, 9.17) is 4.74 Å². The fourth-order valence-corrected chi connectivity index (χ4v) is 3.30. The largest absolute Gasteiger partial charge is 0.484 e. The molecule has 3 rings (SSSR count). The van der Waals surface area contributed by atoms with Gasteiger partial charge in [-0.3, -0.25) is 19.7 Å². The Bertz CT molecular complexity index is 876. The van der Waals surface area contributed by atoms with E-state index in [0.29, 0.717) is 17.0 Å². The Hall–Kier alpha value is -3.42. The number of hydrogen-bond donors (Lipinski definition) is 2. The summed E-state index contributed by atoms with van der Waals surface area (Å²) in [5.41, 5.74) is 0.763. The van der Waals surface area contributed by atoms with Gasteiger partial charge >= 0.3 is 0 Å². The molecule has 0 bridgehead atoms. The average Bonchev–Trinajstić information content (AvgIpc) is 2.73. The van der Waals surface area contributed by atoms with Crippen molar-refractivity contribution in [2.45, 2.75) is 38.1 Å². The lowest BCUT2D eigenvalue weighted by Crippen LogP contribution is -2.36. The molecule has 0 saturated heterocycles. The Labute approximate surface area is 168 Å². The van der Waals surface area contributed by atoms with Crippen molar-refractivity contribution in [3.8, 4) is 5.75 Å². The van der Waals surface area contributed by atoms with Crippen LogP contribution in [-0.4, -0.2) is 29.4 Å². The van der Waals surface area contributed by atoms with Gasteiger partial charge in [-0.15, -0.1) is 0 Å². The number of benzene rings is 2. The molecular weight excluding hydrogens is 374 g/mol. The second-order valence-electron chi connectivity index (χ2n) is 6.94. The van der Waals surface area contributed by atoms with Crippen LogP contribution in [-0.2, 0) is 4.79 Å². The number of non-ortho nitro benzene ring substituents is 1. The highest BCUT2D eigenvalue weighted by atomic mass is 16.6. The number of carbonyl (C=O) groups excluding carboxylic acids is 2. The Morgan fingerprint density at radius 3 is 2.41 bits per heavy atom. The maximum absolute atomic E-state index is 12.6. The van der Waals surface area contributed by atoms with Crippen LogP contribution in [0, 0.1) is 10.1 Å². The van der Waals surface area contributed by atoms with E-state index in [-0.39, 0.29) is 24.2 Å². The third kappa shape index (κ3) is 5.78. The van der Waals surface area contributed by atoms with E-state index in [0.717, 1.165) is 25.7 Å². The smallest absolute Gasteiger partial charge is 0.269 e. The molecule has 2 aromatic carbocycles. The predicted molar refractivity (Wildman–Crippen MR) is 108 cm³/mol. The molecule has 1 aliphatic rings. The normalized spacial score (nSPS) is 14.1. The number of hydrogen-bond acceptors (Lipinski definition) is 5.